The van der Waals surface area contributed by atoms with Crippen LogP contribution in [0.1, 0.15) is 66.0 Å². The minimum absolute atomic E-state index is 0.202. The van der Waals surface area contributed by atoms with Crippen LogP contribution in [0.4, 0.5) is 10.5 Å². The van der Waals surface area contributed by atoms with Gasteiger partial charge < -0.3 is 41.3 Å². The Morgan fingerprint density at radius 2 is 1.65 bits per heavy atom. The Labute approximate surface area is 233 Å². The number of hydrogen-bond donors (Lipinski definition) is 6. The predicted molar refractivity (Wildman–Crippen MR) is 153 cm³/mol. The number of anilines is 1. The summed E-state index contributed by atoms with van der Waals surface area (Å²) in [6.07, 6.45) is 1.17. The Hall–Kier alpha value is -4.32. The minimum atomic E-state index is -0.608. The average molecular weight is 554 g/mol. The van der Waals surface area contributed by atoms with E-state index in [1.807, 2.05) is 13.8 Å². The molecule has 40 heavy (non-hydrogen) atoms. The Morgan fingerprint density at radius 1 is 0.950 bits per heavy atom. The summed E-state index contributed by atoms with van der Waals surface area (Å²) in [4.78, 5) is 53.0. The number of nitrogens with one attached hydrogen (secondary N) is 5. The highest BCUT2D eigenvalue weighted by molar-refractivity contribution is 6.07. The van der Waals surface area contributed by atoms with E-state index in [0.717, 1.165) is 5.52 Å². The fourth-order valence-electron chi connectivity index (χ4n) is 3.94. The molecular weight excluding hydrogens is 514 g/mol. The highest BCUT2D eigenvalue weighted by Crippen LogP contribution is 2.20. The number of carbonyl (C=O) groups is 4. The number of ether oxygens (including phenoxy) is 1. The molecule has 4 amide bonds. The summed E-state index contributed by atoms with van der Waals surface area (Å²) in [5.41, 5.74) is 7.19. The highest BCUT2D eigenvalue weighted by atomic mass is 16.6. The number of carbonyl (C=O) groups excluding carboxylic acids is 4. The van der Waals surface area contributed by atoms with Gasteiger partial charge in [0.1, 0.15) is 17.0 Å². The third kappa shape index (κ3) is 8.60. The van der Waals surface area contributed by atoms with Gasteiger partial charge in [-0.05, 0) is 57.0 Å². The molecule has 2 heterocycles. The van der Waals surface area contributed by atoms with Crippen molar-refractivity contribution in [3.63, 3.8) is 0 Å². The first-order chi connectivity index (χ1) is 18.9. The van der Waals surface area contributed by atoms with E-state index in [2.05, 4.69) is 26.3 Å². The number of aromatic nitrogens is 2. The van der Waals surface area contributed by atoms with Crippen LogP contribution in [0.25, 0.3) is 10.9 Å². The molecule has 0 bridgehead atoms. The normalized spacial score (nSPS) is 11.4. The molecule has 0 aliphatic rings. The summed E-state index contributed by atoms with van der Waals surface area (Å²) < 4.78 is 6.98. The zero-order valence-corrected chi connectivity index (χ0v) is 23.6. The van der Waals surface area contributed by atoms with Crippen molar-refractivity contribution in [1.29, 1.82) is 0 Å². The lowest BCUT2D eigenvalue weighted by Gasteiger charge is -2.19. The Balaban J connectivity index is 1.67. The number of nitrogens with zero attached hydrogens (tertiary/aromatic N) is 1. The van der Waals surface area contributed by atoms with Crippen LogP contribution in [-0.2, 0) is 11.3 Å². The van der Waals surface area contributed by atoms with Crippen molar-refractivity contribution < 1.29 is 23.9 Å². The summed E-state index contributed by atoms with van der Waals surface area (Å²) >= 11 is 0. The molecule has 0 radical (unpaired) electrons. The number of aromatic amines is 1. The first kappa shape index (κ1) is 30.2. The zero-order valence-electron chi connectivity index (χ0n) is 23.6. The molecule has 0 fully saturated rings. The predicted octanol–water partition coefficient (Wildman–Crippen LogP) is 2.82. The van der Waals surface area contributed by atoms with Gasteiger partial charge in [0, 0.05) is 55.4 Å². The molecule has 1 aromatic carbocycles. The lowest BCUT2D eigenvalue weighted by Crippen LogP contribution is -2.38. The second kappa shape index (κ2) is 13.2. The van der Waals surface area contributed by atoms with Crippen LogP contribution in [-0.4, -0.2) is 65.1 Å². The van der Waals surface area contributed by atoms with E-state index in [9.17, 15) is 19.2 Å². The standard InChI is InChI=1S/C28H39N7O5/c1-17(2)15-35-16-20(14-23(35)26(38)31-10-11-32-27(39)40-28(3,4)5)33-24(36)18-6-7-21-19(12-18)13-22(34-21)25(37)30-9-8-29/h6-7,12-14,16-17,34H,8-11,15,29H2,1-5H3,(H,30,37)(H,31,38)(H,32,39)(H,33,36). The van der Waals surface area contributed by atoms with Crippen molar-refractivity contribution in [2.45, 2.75) is 46.8 Å². The first-order valence-corrected chi connectivity index (χ1v) is 13.2. The van der Waals surface area contributed by atoms with Crippen LogP contribution in [0.15, 0.2) is 36.5 Å². The molecule has 0 saturated heterocycles. The van der Waals surface area contributed by atoms with Crippen molar-refractivity contribution >= 4 is 40.4 Å². The largest absolute Gasteiger partial charge is 0.444 e. The lowest BCUT2D eigenvalue weighted by molar-refractivity contribution is 0.0526. The fraction of sp³-hybridized carbons (Fsp3) is 0.429. The third-order valence-corrected chi connectivity index (χ3v) is 5.59. The van der Waals surface area contributed by atoms with E-state index in [1.54, 1.807) is 61.9 Å². The van der Waals surface area contributed by atoms with Gasteiger partial charge in [0.05, 0.1) is 5.69 Å². The first-order valence-electron chi connectivity index (χ1n) is 13.2. The molecule has 7 N–H and O–H groups in total. The zero-order chi connectivity index (χ0) is 29.4. The van der Waals surface area contributed by atoms with E-state index in [4.69, 9.17) is 10.5 Å². The molecule has 0 atom stereocenters. The van der Waals surface area contributed by atoms with E-state index in [-0.39, 0.29) is 36.7 Å². The molecule has 12 heteroatoms. The molecule has 2 aromatic heterocycles. The number of fused-ring (bicyclic) bond motifs is 1. The SMILES string of the molecule is CC(C)Cn1cc(NC(=O)c2ccc3[nH]c(C(=O)NCCN)cc3c2)cc1C(=O)NCCNC(=O)OC(C)(C)C. The molecule has 3 rings (SSSR count). The molecule has 0 saturated carbocycles. The second-order valence-corrected chi connectivity index (χ2v) is 10.8. The third-order valence-electron chi connectivity index (χ3n) is 5.59. The van der Waals surface area contributed by atoms with Crippen LogP contribution in [0.3, 0.4) is 0 Å². The maximum Gasteiger partial charge on any atom is 0.407 e. The number of H-pyrrole nitrogens is 1. The number of hydrogen-bond acceptors (Lipinski definition) is 6. The lowest BCUT2D eigenvalue weighted by atomic mass is 10.1. The van der Waals surface area contributed by atoms with Gasteiger partial charge in [-0.3, -0.25) is 14.4 Å². The van der Waals surface area contributed by atoms with Crippen molar-refractivity contribution in [3.8, 4) is 0 Å². The molecular formula is C28H39N7O5. The minimum Gasteiger partial charge on any atom is -0.444 e. The van der Waals surface area contributed by atoms with Gasteiger partial charge in [-0.25, -0.2) is 4.79 Å². The molecule has 0 spiro atoms. The molecule has 216 valence electrons. The van der Waals surface area contributed by atoms with Gasteiger partial charge in [-0.2, -0.15) is 0 Å². The van der Waals surface area contributed by atoms with E-state index in [1.165, 1.54) is 0 Å². The van der Waals surface area contributed by atoms with E-state index >= 15 is 0 Å². The van der Waals surface area contributed by atoms with Crippen LogP contribution in [0, 0.1) is 5.92 Å². The van der Waals surface area contributed by atoms with Crippen LogP contribution in [0.5, 0.6) is 0 Å². The summed E-state index contributed by atoms with van der Waals surface area (Å²) in [5, 5.41) is 11.7. The van der Waals surface area contributed by atoms with Gasteiger partial charge in [0.15, 0.2) is 0 Å². The molecule has 12 nitrogen and oxygen atoms in total. The monoisotopic (exact) mass is 553 g/mol. The Bertz CT molecular complexity index is 1370. The van der Waals surface area contributed by atoms with Gasteiger partial charge in [0.25, 0.3) is 17.7 Å². The van der Waals surface area contributed by atoms with Crippen molar-refractivity contribution in [1.82, 2.24) is 25.5 Å². The van der Waals surface area contributed by atoms with E-state index in [0.29, 0.717) is 47.7 Å². The highest BCUT2D eigenvalue weighted by Gasteiger charge is 2.18. The number of nitrogens with two attached hydrogens (primary N) is 1. The van der Waals surface area contributed by atoms with Crippen molar-refractivity contribution in [3.05, 3.63) is 53.5 Å². The fourth-order valence-corrected chi connectivity index (χ4v) is 3.94. The smallest absolute Gasteiger partial charge is 0.407 e. The second-order valence-electron chi connectivity index (χ2n) is 10.8. The average Bonchev–Trinajstić information content (AvgIpc) is 3.47. The van der Waals surface area contributed by atoms with Crippen LogP contribution in [0.2, 0.25) is 0 Å². The summed E-state index contributed by atoms with van der Waals surface area (Å²) in [5.74, 6) is -0.706. The maximum atomic E-state index is 13.0. The van der Waals surface area contributed by atoms with Crippen LogP contribution < -0.4 is 27.0 Å². The van der Waals surface area contributed by atoms with Crippen molar-refractivity contribution in [2.24, 2.45) is 11.7 Å². The Morgan fingerprint density at radius 3 is 2.33 bits per heavy atom. The summed E-state index contributed by atoms with van der Waals surface area (Å²) in [6, 6.07) is 8.38. The number of benzene rings is 1. The number of amides is 4. The van der Waals surface area contributed by atoms with E-state index < -0.39 is 11.7 Å². The molecule has 0 aliphatic carbocycles. The van der Waals surface area contributed by atoms with Gasteiger partial charge in [-0.1, -0.05) is 13.8 Å². The quantitative estimate of drug-likeness (QED) is 0.199. The van der Waals surface area contributed by atoms with Gasteiger partial charge in [0.2, 0.25) is 0 Å². The molecule has 0 aliphatic heterocycles. The number of alkyl carbamates (subject to hydrolysis) is 1. The molecule has 3 aromatic rings. The number of rotatable bonds is 11. The van der Waals surface area contributed by atoms with Gasteiger partial charge >= 0.3 is 6.09 Å². The summed E-state index contributed by atoms with van der Waals surface area (Å²) in [7, 11) is 0. The summed E-state index contributed by atoms with van der Waals surface area (Å²) in [6.45, 7) is 11.0. The van der Waals surface area contributed by atoms with Crippen LogP contribution >= 0.6 is 0 Å². The topological polar surface area (TPSA) is 172 Å². The van der Waals surface area contributed by atoms with Gasteiger partial charge in [-0.15, -0.1) is 0 Å². The Kier molecular flexibility index (Phi) is 9.94. The molecule has 0 unspecified atom stereocenters. The maximum absolute atomic E-state index is 13.0. The van der Waals surface area contributed by atoms with Crippen molar-refractivity contribution in [2.75, 3.05) is 31.5 Å².